The van der Waals surface area contributed by atoms with E-state index in [-0.39, 0.29) is 12.5 Å². The van der Waals surface area contributed by atoms with E-state index in [9.17, 15) is 9.90 Å². The Kier molecular flexibility index (Phi) is 4.71. The zero-order chi connectivity index (χ0) is 17.1. The Morgan fingerprint density at radius 3 is 2.62 bits per heavy atom. The van der Waals surface area contributed by atoms with Gasteiger partial charge >= 0.3 is 0 Å². The lowest BCUT2D eigenvalue weighted by atomic mass is 9.98. The molecular formula is C19H21NO4. The van der Waals surface area contributed by atoms with E-state index in [0.29, 0.717) is 35.7 Å². The van der Waals surface area contributed by atoms with Gasteiger partial charge < -0.3 is 19.5 Å². The lowest BCUT2D eigenvalue weighted by molar-refractivity contribution is -0.120. The van der Waals surface area contributed by atoms with Crippen LogP contribution in [0.1, 0.15) is 23.7 Å². The van der Waals surface area contributed by atoms with Crippen LogP contribution in [-0.4, -0.2) is 31.3 Å². The van der Waals surface area contributed by atoms with Gasteiger partial charge in [0.1, 0.15) is 11.5 Å². The number of benzene rings is 2. The summed E-state index contributed by atoms with van der Waals surface area (Å²) in [6, 6.07) is 13.0. The van der Waals surface area contributed by atoms with E-state index in [0.717, 1.165) is 5.56 Å². The molecule has 5 nitrogen and oxygen atoms in total. The molecule has 0 bridgehead atoms. The summed E-state index contributed by atoms with van der Waals surface area (Å²) < 4.78 is 10.8. The molecule has 3 rings (SSSR count). The minimum atomic E-state index is -0.586. The van der Waals surface area contributed by atoms with Gasteiger partial charge in [-0.2, -0.15) is 0 Å². The van der Waals surface area contributed by atoms with E-state index < -0.39 is 6.10 Å². The first-order valence-corrected chi connectivity index (χ1v) is 7.94. The number of fused-ring (bicyclic) bond motifs is 1. The summed E-state index contributed by atoms with van der Waals surface area (Å²) >= 11 is 0. The Bertz CT molecular complexity index is 727. The molecular weight excluding hydrogens is 306 g/mol. The standard InChI is InChI=1S/C19H21NO4/c1-13-3-5-14(6-4-13)24-12-19(22)20-10-9-18(21)16-11-15(23-2)7-8-17(16)20/h3-8,11,18,21H,9-10,12H2,1-2H3. The van der Waals surface area contributed by atoms with Crippen molar-refractivity contribution < 1.29 is 19.4 Å². The van der Waals surface area contributed by atoms with Gasteiger partial charge in [-0.05, 0) is 43.7 Å². The highest BCUT2D eigenvalue weighted by Gasteiger charge is 2.28. The summed E-state index contributed by atoms with van der Waals surface area (Å²) in [7, 11) is 1.58. The third-order valence-electron chi connectivity index (χ3n) is 4.19. The van der Waals surface area contributed by atoms with E-state index in [4.69, 9.17) is 9.47 Å². The summed E-state index contributed by atoms with van der Waals surface area (Å²) in [6.07, 6.45) is -0.0895. The largest absolute Gasteiger partial charge is 0.497 e. The summed E-state index contributed by atoms with van der Waals surface area (Å²) in [4.78, 5) is 14.2. The number of ether oxygens (including phenoxy) is 2. The molecule has 1 unspecified atom stereocenters. The Hall–Kier alpha value is -2.53. The smallest absolute Gasteiger partial charge is 0.264 e. The fraction of sp³-hybridized carbons (Fsp3) is 0.316. The Morgan fingerprint density at radius 1 is 1.21 bits per heavy atom. The van der Waals surface area contributed by atoms with Gasteiger partial charge in [0, 0.05) is 17.8 Å². The molecule has 1 amide bonds. The van der Waals surface area contributed by atoms with Crippen LogP contribution in [0.3, 0.4) is 0 Å². The molecule has 0 spiro atoms. The third-order valence-corrected chi connectivity index (χ3v) is 4.19. The predicted molar refractivity (Wildman–Crippen MR) is 91.6 cm³/mol. The normalized spacial score (nSPS) is 16.5. The SMILES string of the molecule is COc1ccc2c(c1)C(O)CCN2C(=O)COc1ccc(C)cc1. The highest BCUT2D eigenvalue weighted by Crippen LogP contribution is 2.36. The average Bonchev–Trinajstić information content (AvgIpc) is 2.61. The first kappa shape index (κ1) is 16.3. The third kappa shape index (κ3) is 3.36. The number of carbonyl (C=O) groups excluding carboxylic acids is 1. The molecule has 0 saturated carbocycles. The van der Waals surface area contributed by atoms with Crippen molar-refractivity contribution in [2.24, 2.45) is 0 Å². The molecule has 1 N–H and O–H groups in total. The minimum Gasteiger partial charge on any atom is -0.497 e. The maximum atomic E-state index is 12.6. The predicted octanol–water partition coefficient (Wildman–Crippen LogP) is 2.85. The number of aliphatic hydroxyl groups is 1. The molecule has 0 aromatic heterocycles. The van der Waals surface area contributed by atoms with Crippen LogP contribution in [0, 0.1) is 6.92 Å². The van der Waals surface area contributed by atoms with Crippen LogP contribution in [0.5, 0.6) is 11.5 Å². The van der Waals surface area contributed by atoms with Gasteiger partial charge in [-0.1, -0.05) is 17.7 Å². The van der Waals surface area contributed by atoms with E-state index in [1.165, 1.54) is 0 Å². The van der Waals surface area contributed by atoms with Gasteiger partial charge in [-0.25, -0.2) is 0 Å². The highest BCUT2D eigenvalue weighted by atomic mass is 16.5. The van der Waals surface area contributed by atoms with Crippen LogP contribution in [0.4, 0.5) is 5.69 Å². The number of aliphatic hydroxyl groups excluding tert-OH is 1. The summed E-state index contributed by atoms with van der Waals surface area (Å²) in [5.41, 5.74) is 2.57. The first-order chi connectivity index (χ1) is 11.6. The maximum Gasteiger partial charge on any atom is 0.264 e. The van der Waals surface area contributed by atoms with E-state index >= 15 is 0 Å². The Balaban J connectivity index is 1.74. The van der Waals surface area contributed by atoms with Crippen molar-refractivity contribution in [1.82, 2.24) is 0 Å². The summed E-state index contributed by atoms with van der Waals surface area (Å²) in [5, 5.41) is 10.2. The van der Waals surface area contributed by atoms with E-state index in [1.807, 2.05) is 31.2 Å². The van der Waals surface area contributed by atoms with Crippen molar-refractivity contribution in [3.8, 4) is 11.5 Å². The number of hydrogen-bond acceptors (Lipinski definition) is 4. The molecule has 5 heteroatoms. The van der Waals surface area contributed by atoms with E-state index in [2.05, 4.69) is 0 Å². The quantitative estimate of drug-likeness (QED) is 0.938. The Morgan fingerprint density at radius 2 is 1.92 bits per heavy atom. The maximum absolute atomic E-state index is 12.6. The van der Waals surface area contributed by atoms with E-state index in [1.54, 1.807) is 30.2 Å². The van der Waals surface area contributed by atoms with Crippen LogP contribution in [-0.2, 0) is 4.79 Å². The minimum absolute atomic E-state index is 0.0371. The van der Waals surface area contributed by atoms with Gasteiger partial charge in [-0.15, -0.1) is 0 Å². The lowest BCUT2D eigenvalue weighted by Gasteiger charge is -2.32. The van der Waals surface area contributed by atoms with Crippen molar-refractivity contribution >= 4 is 11.6 Å². The number of methoxy groups -OCH3 is 1. The fourth-order valence-electron chi connectivity index (χ4n) is 2.82. The molecule has 2 aromatic carbocycles. The van der Waals surface area contributed by atoms with Gasteiger partial charge in [0.15, 0.2) is 6.61 Å². The van der Waals surface area contributed by atoms with Gasteiger partial charge in [0.05, 0.1) is 13.2 Å². The molecule has 1 aliphatic rings. The highest BCUT2D eigenvalue weighted by molar-refractivity contribution is 5.95. The van der Waals surface area contributed by atoms with Gasteiger partial charge in [-0.3, -0.25) is 4.79 Å². The van der Waals surface area contributed by atoms with Gasteiger partial charge in [0.2, 0.25) is 0 Å². The second-order valence-electron chi connectivity index (χ2n) is 5.88. The molecule has 0 saturated heterocycles. The second-order valence-corrected chi connectivity index (χ2v) is 5.88. The zero-order valence-corrected chi connectivity index (χ0v) is 13.9. The monoisotopic (exact) mass is 327 g/mol. The number of hydrogen-bond donors (Lipinski definition) is 1. The molecule has 126 valence electrons. The summed E-state index contributed by atoms with van der Waals surface area (Å²) in [5.74, 6) is 1.20. The number of anilines is 1. The second kappa shape index (κ2) is 6.93. The Labute approximate surface area is 141 Å². The molecule has 1 atom stereocenters. The number of rotatable bonds is 4. The van der Waals surface area contributed by atoms with Crippen molar-refractivity contribution in [2.75, 3.05) is 25.2 Å². The lowest BCUT2D eigenvalue weighted by Crippen LogP contribution is -2.39. The van der Waals surface area contributed by atoms with Crippen LogP contribution in [0.15, 0.2) is 42.5 Å². The van der Waals surface area contributed by atoms with Crippen LogP contribution in [0.25, 0.3) is 0 Å². The molecule has 0 fully saturated rings. The van der Waals surface area contributed by atoms with Crippen molar-refractivity contribution in [3.05, 3.63) is 53.6 Å². The number of aryl methyl sites for hydroxylation is 1. The topological polar surface area (TPSA) is 59.0 Å². The van der Waals surface area contributed by atoms with Crippen molar-refractivity contribution in [1.29, 1.82) is 0 Å². The van der Waals surface area contributed by atoms with Gasteiger partial charge in [0.25, 0.3) is 5.91 Å². The van der Waals surface area contributed by atoms with Crippen LogP contribution >= 0.6 is 0 Å². The first-order valence-electron chi connectivity index (χ1n) is 7.94. The fourth-order valence-corrected chi connectivity index (χ4v) is 2.82. The zero-order valence-electron chi connectivity index (χ0n) is 13.9. The number of amides is 1. The number of nitrogens with zero attached hydrogens (tertiary/aromatic N) is 1. The van der Waals surface area contributed by atoms with Crippen LogP contribution in [0.2, 0.25) is 0 Å². The molecule has 24 heavy (non-hydrogen) atoms. The average molecular weight is 327 g/mol. The molecule has 2 aromatic rings. The molecule has 0 aliphatic carbocycles. The molecule has 1 aliphatic heterocycles. The van der Waals surface area contributed by atoms with Crippen molar-refractivity contribution in [3.63, 3.8) is 0 Å². The van der Waals surface area contributed by atoms with Crippen LogP contribution < -0.4 is 14.4 Å². The summed E-state index contributed by atoms with van der Waals surface area (Å²) in [6.45, 7) is 2.43. The van der Waals surface area contributed by atoms with Crippen molar-refractivity contribution in [2.45, 2.75) is 19.4 Å². The molecule has 1 heterocycles. The number of carbonyl (C=O) groups is 1. The molecule has 0 radical (unpaired) electrons.